The number of hydrogen-bond acceptors (Lipinski definition) is 6. The van der Waals surface area contributed by atoms with Crippen LogP contribution in [0.1, 0.15) is 55.3 Å². The van der Waals surface area contributed by atoms with E-state index in [0.717, 1.165) is 36.4 Å². The number of thiophene rings is 1. The Balaban J connectivity index is 1.33. The Morgan fingerprint density at radius 3 is 2.54 bits per heavy atom. The molecule has 0 bridgehead atoms. The van der Waals surface area contributed by atoms with Gasteiger partial charge in [-0.25, -0.2) is 0 Å². The van der Waals surface area contributed by atoms with E-state index in [0.29, 0.717) is 49.1 Å². The van der Waals surface area contributed by atoms with Crippen LogP contribution in [0.25, 0.3) is 10.1 Å². The number of carbonyl (C=O) groups excluding carboxylic acids is 3. The van der Waals surface area contributed by atoms with Gasteiger partial charge < -0.3 is 30.2 Å². The molecule has 5 rings (SSSR count). The predicted molar refractivity (Wildman–Crippen MR) is 150 cm³/mol. The molecule has 1 unspecified atom stereocenters. The fourth-order valence-electron chi connectivity index (χ4n) is 6.05. The van der Waals surface area contributed by atoms with Crippen LogP contribution in [0.15, 0.2) is 24.3 Å². The van der Waals surface area contributed by atoms with Crippen LogP contribution in [0.5, 0.6) is 0 Å². The van der Waals surface area contributed by atoms with E-state index in [-0.39, 0.29) is 22.1 Å². The summed E-state index contributed by atoms with van der Waals surface area (Å²) in [6.07, 6.45) is 2.28. The SMILES string of the molecule is CC(C)(C)C(NC(=O)c1cc2cc(C(F)(F)P(=O)(O)O)ccc2s1)C(=O)N1CCC[C@H]1C(=O)N1C[C@H]2CCN[C@H]2C1. The molecule has 4 atom stereocenters. The second kappa shape index (κ2) is 10.7. The van der Waals surface area contributed by atoms with Crippen molar-refractivity contribution >= 4 is 46.7 Å². The fraction of sp³-hybridized carbons (Fsp3) is 0.593. The first-order valence-corrected chi connectivity index (χ1v) is 16.1. The number of amides is 3. The Morgan fingerprint density at radius 2 is 1.88 bits per heavy atom. The van der Waals surface area contributed by atoms with Crippen LogP contribution < -0.4 is 10.6 Å². The fourth-order valence-corrected chi connectivity index (χ4v) is 7.48. The summed E-state index contributed by atoms with van der Waals surface area (Å²) in [5.41, 5.74) is -5.93. The smallest absolute Gasteiger partial charge is 0.339 e. The van der Waals surface area contributed by atoms with Crippen LogP contribution in [-0.2, 0) is 19.8 Å². The molecule has 3 saturated heterocycles. The van der Waals surface area contributed by atoms with E-state index in [4.69, 9.17) is 9.79 Å². The molecule has 1 aromatic carbocycles. The predicted octanol–water partition coefficient (Wildman–Crippen LogP) is 3.08. The molecule has 1 aromatic heterocycles. The van der Waals surface area contributed by atoms with E-state index in [2.05, 4.69) is 10.6 Å². The first-order valence-electron chi connectivity index (χ1n) is 13.7. The second-order valence-corrected chi connectivity index (χ2v) is 15.0. The van der Waals surface area contributed by atoms with E-state index < -0.39 is 42.2 Å². The minimum atomic E-state index is -5.75. The monoisotopic (exact) mass is 612 g/mol. The maximum absolute atomic E-state index is 14.2. The van der Waals surface area contributed by atoms with Crippen LogP contribution >= 0.6 is 18.9 Å². The highest BCUT2D eigenvalue weighted by atomic mass is 32.1. The zero-order valence-electron chi connectivity index (χ0n) is 23.1. The van der Waals surface area contributed by atoms with Crippen molar-refractivity contribution in [2.45, 2.75) is 63.8 Å². The molecular formula is C27H35F2N4O6PS. The van der Waals surface area contributed by atoms with Crippen LogP contribution in [0.3, 0.4) is 0 Å². The van der Waals surface area contributed by atoms with Crippen LogP contribution in [0.2, 0.25) is 0 Å². The molecule has 3 aliphatic rings. The Labute approximate surface area is 240 Å². The van der Waals surface area contributed by atoms with Gasteiger partial charge in [-0.1, -0.05) is 26.8 Å². The van der Waals surface area contributed by atoms with Crippen molar-refractivity contribution in [2.24, 2.45) is 11.3 Å². The average molecular weight is 613 g/mol. The third kappa shape index (κ3) is 5.67. The molecule has 4 N–H and O–H groups in total. The van der Waals surface area contributed by atoms with Crippen LogP contribution in [0.4, 0.5) is 8.78 Å². The molecule has 14 heteroatoms. The molecule has 0 spiro atoms. The molecule has 41 heavy (non-hydrogen) atoms. The largest absolute Gasteiger partial charge is 0.399 e. The first kappa shape index (κ1) is 30.0. The van der Waals surface area contributed by atoms with Gasteiger partial charge in [0.2, 0.25) is 11.8 Å². The number of rotatable bonds is 6. The zero-order valence-corrected chi connectivity index (χ0v) is 24.8. The van der Waals surface area contributed by atoms with Gasteiger partial charge in [0.15, 0.2) is 0 Å². The van der Waals surface area contributed by atoms with Crippen molar-refractivity contribution in [3.63, 3.8) is 0 Å². The van der Waals surface area contributed by atoms with Gasteiger partial charge in [0.25, 0.3) is 5.91 Å². The number of nitrogens with zero attached hydrogens (tertiary/aromatic N) is 2. The molecule has 0 aliphatic carbocycles. The normalized spacial score (nSPS) is 24.1. The molecule has 2 aromatic rings. The zero-order chi connectivity index (χ0) is 29.9. The van der Waals surface area contributed by atoms with Crippen LogP contribution in [0, 0.1) is 11.3 Å². The summed E-state index contributed by atoms with van der Waals surface area (Å²) in [4.78, 5) is 62.4. The lowest BCUT2D eigenvalue weighted by Crippen LogP contribution is -2.58. The summed E-state index contributed by atoms with van der Waals surface area (Å²) in [5.74, 6) is -0.544. The summed E-state index contributed by atoms with van der Waals surface area (Å²) < 4.78 is 40.2. The van der Waals surface area contributed by atoms with Crippen molar-refractivity contribution in [2.75, 3.05) is 26.2 Å². The van der Waals surface area contributed by atoms with Crippen molar-refractivity contribution in [3.8, 4) is 0 Å². The van der Waals surface area contributed by atoms with Crippen molar-refractivity contribution < 1.29 is 37.5 Å². The summed E-state index contributed by atoms with van der Waals surface area (Å²) in [7, 11) is -5.75. The number of hydrogen-bond donors (Lipinski definition) is 4. The lowest BCUT2D eigenvalue weighted by Gasteiger charge is -2.36. The highest BCUT2D eigenvalue weighted by Gasteiger charge is 2.50. The molecule has 0 radical (unpaired) electrons. The van der Waals surface area contributed by atoms with E-state index in [1.54, 1.807) is 4.90 Å². The second-order valence-electron chi connectivity index (χ2n) is 12.3. The standard InChI is InChI=1S/C27H35F2N4O6PS/c1-26(2,3)22(25(36)33-10-4-5-19(33)24(35)32-13-15-8-9-30-18(15)14-32)31-23(34)21-12-16-11-17(6-7-20(16)41-21)27(28,29)40(37,38)39/h6-7,11-12,15,18-19,22,30H,4-5,8-10,13-14H2,1-3H3,(H,31,34)(H2,37,38,39)/t15-,18+,19+,22?/m1/s1. The maximum Gasteiger partial charge on any atom is 0.399 e. The van der Waals surface area contributed by atoms with Gasteiger partial charge in [-0.2, -0.15) is 8.78 Å². The Bertz CT molecular complexity index is 1410. The third-order valence-electron chi connectivity index (χ3n) is 8.34. The lowest BCUT2D eigenvalue weighted by atomic mass is 9.85. The highest BCUT2D eigenvalue weighted by molar-refractivity contribution is 7.52. The molecule has 0 saturated carbocycles. The minimum absolute atomic E-state index is 0.0570. The Hall–Kier alpha value is -2.44. The van der Waals surface area contributed by atoms with Crippen molar-refractivity contribution in [1.29, 1.82) is 0 Å². The molecule has 10 nitrogen and oxygen atoms in total. The average Bonchev–Trinajstić information content (AvgIpc) is 3.66. The van der Waals surface area contributed by atoms with E-state index in [9.17, 15) is 27.7 Å². The van der Waals surface area contributed by atoms with Gasteiger partial charge in [0.05, 0.1) is 4.88 Å². The lowest BCUT2D eigenvalue weighted by molar-refractivity contribution is -0.145. The van der Waals surface area contributed by atoms with Gasteiger partial charge in [-0.3, -0.25) is 18.9 Å². The summed E-state index contributed by atoms with van der Waals surface area (Å²) in [5, 5.41) is 6.47. The van der Waals surface area contributed by atoms with Gasteiger partial charge in [0.1, 0.15) is 12.1 Å². The number of alkyl halides is 2. The number of halogens is 2. The third-order valence-corrected chi connectivity index (χ3v) is 10.4. The van der Waals surface area contributed by atoms with Crippen LogP contribution in [-0.4, -0.2) is 81.6 Å². The molecule has 4 heterocycles. The molecular weight excluding hydrogens is 577 g/mol. The van der Waals surface area contributed by atoms with Gasteiger partial charge in [-0.05, 0) is 60.7 Å². The van der Waals surface area contributed by atoms with E-state index in [1.165, 1.54) is 12.1 Å². The van der Waals surface area contributed by atoms with Gasteiger partial charge >= 0.3 is 13.3 Å². The topological polar surface area (TPSA) is 139 Å². The van der Waals surface area contributed by atoms with Gasteiger partial charge in [-0.15, -0.1) is 11.3 Å². The Kier molecular flexibility index (Phi) is 7.82. The first-order chi connectivity index (χ1) is 19.1. The van der Waals surface area contributed by atoms with Crippen molar-refractivity contribution in [3.05, 3.63) is 34.7 Å². The quantitative estimate of drug-likeness (QED) is 0.368. The molecule has 3 aliphatic heterocycles. The number of fused-ring (bicyclic) bond motifs is 2. The minimum Gasteiger partial charge on any atom is -0.339 e. The summed E-state index contributed by atoms with van der Waals surface area (Å²) in [6.45, 7) is 8.14. The maximum atomic E-state index is 14.2. The van der Waals surface area contributed by atoms with E-state index >= 15 is 0 Å². The highest BCUT2D eigenvalue weighted by Crippen LogP contribution is 2.59. The molecule has 3 amide bonds. The van der Waals surface area contributed by atoms with Crippen molar-refractivity contribution in [1.82, 2.24) is 20.4 Å². The number of benzene rings is 1. The Morgan fingerprint density at radius 1 is 1.15 bits per heavy atom. The number of nitrogens with one attached hydrogen (secondary N) is 2. The summed E-state index contributed by atoms with van der Waals surface area (Å²) in [6, 6.07) is 3.28. The van der Waals surface area contributed by atoms with E-state index in [1.807, 2.05) is 25.7 Å². The number of likely N-dealkylation sites (tertiary alicyclic amines) is 2. The number of carbonyl (C=O) groups is 3. The molecule has 224 valence electrons. The molecule has 3 fully saturated rings. The summed E-state index contributed by atoms with van der Waals surface area (Å²) >= 11 is 1.02. The van der Waals surface area contributed by atoms with Gasteiger partial charge in [0, 0.05) is 35.9 Å².